The van der Waals surface area contributed by atoms with E-state index in [1.165, 1.54) is 0 Å². The number of carbonyl (C=O) groups excluding carboxylic acids is 2. The normalized spacial score (nSPS) is 10.8. The van der Waals surface area contributed by atoms with Crippen molar-refractivity contribution in [2.24, 2.45) is 7.05 Å². The molecule has 1 aromatic rings. The van der Waals surface area contributed by atoms with E-state index in [0.717, 1.165) is 44.3 Å². The maximum atomic E-state index is 13.0. The van der Waals surface area contributed by atoms with Crippen molar-refractivity contribution in [1.82, 2.24) is 14.4 Å². The van der Waals surface area contributed by atoms with Crippen LogP contribution in [0.4, 0.5) is 0 Å². The van der Waals surface area contributed by atoms with Gasteiger partial charge in [0.15, 0.2) is 0 Å². The Hall–Kier alpha value is -1.82. The third-order valence-electron chi connectivity index (χ3n) is 4.74. The first-order valence-corrected chi connectivity index (χ1v) is 10.2. The van der Waals surface area contributed by atoms with Crippen LogP contribution in [0.25, 0.3) is 0 Å². The van der Waals surface area contributed by atoms with Crippen LogP contribution < -0.4 is 0 Å². The van der Waals surface area contributed by atoms with Gasteiger partial charge in [-0.15, -0.1) is 0 Å². The van der Waals surface area contributed by atoms with E-state index in [0.29, 0.717) is 26.1 Å². The highest BCUT2D eigenvalue weighted by Gasteiger charge is 2.21. The fourth-order valence-electron chi connectivity index (χ4n) is 2.94. The Morgan fingerprint density at radius 2 is 1.74 bits per heavy atom. The van der Waals surface area contributed by atoms with Crippen molar-refractivity contribution < 1.29 is 14.3 Å². The molecule has 0 bridgehead atoms. The van der Waals surface area contributed by atoms with E-state index >= 15 is 0 Å². The highest BCUT2D eigenvalue weighted by Crippen LogP contribution is 2.09. The zero-order valence-corrected chi connectivity index (χ0v) is 17.6. The van der Waals surface area contributed by atoms with Gasteiger partial charge in [0.2, 0.25) is 11.8 Å². The van der Waals surface area contributed by atoms with Crippen LogP contribution in [0, 0.1) is 0 Å². The number of methoxy groups -OCH3 is 1. The molecule has 2 amide bonds. The molecule has 1 rings (SSSR count). The average Bonchev–Trinajstić information content (AvgIpc) is 3.06. The van der Waals surface area contributed by atoms with Gasteiger partial charge in [-0.2, -0.15) is 0 Å². The smallest absolute Gasteiger partial charge is 0.242 e. The SMILES string of the molecule is CCCCC(=O)N(CCCOC)CC(=O)N(CCCC)Cc1cccn1C. The van der Waals surface area contributed by atoms with Gasteiger partial charge in [-0.3, -0.25) is 9.59 Å². The number of amides is 2. The summed E-state index contributed by atoms with van der Waals surface area (Å²) in [5.74, 6) is 0.0857. The monoisotopic (exact) mass is 379 g/mol. The van der Waals surface area contributed by atoms with E-state index < -0.39 is 0 Å². The van der Waals surface area contributed by atoms with E-state index in [1.807, 2.05) is 34.8 Å². The van der Waals surface area contributed by atoms with Crippen LogP contribution in [0.2, 0.25) is 0 Å². The number of hydrogen-bond donors (Lipinski definition) is 0. The van der Waals surface area contributed by atoms with Gasteiger partial charge in [0.05, 0.1) is 13.1 Å². The van der Waals surface area contributed by atoms with E-state index in [9.17, 15) is 9.59 Å². The lowest BCUT2D eigenvalue weighted by Gasteiger charge is -2.28. The molecule has 0 atom stereocenters. The zero-order chi connectivity index (χ0) is 20.1. The highest BCUT2D eigenvalue weighted by molar-refractivity contribution is 5.84. The van der Waals surface area contributed by atoms with Gasteiger partial charge in [0, 0.05) is 52.2 Å². The predicted molar refractivity (Wildman–Crippen MR) is 108 cm³/mol. The van der Waals surface area contributed by atoms with Gasteiger partial charge in [-0.25, -0.2) is 0 Å². The molecule has 0 N–H and O–H groups in total. The summed E-state index contributed by atoms with van der Waals surface area (Å²) in [4.78, 5) is 29.1. The molecule has 0 spiro atoms. The number of rotatable bonds is 14. The summed E-state index contributed by atoms with van der Waals surface area (Å²) in [7, 11) is 3.64. The summed E-state index contributed by atoms with van der Waals surface area (Å²) in [6.07, 6.45) is 7.06. The van der Waals surface area contributed by atoms with Crippen molar-refractivity contribution in [3.05, 3.63) is 24.0 Å². The van der Waals surface area contributed by atoms with Crippen molar-refractivity contribution in [2.75, 3.05) is 33.4 Å². The highest BCUT2D eigenvalue weighted by atomic mass is 16.5. The van der Waals surface area contributed by atoms with Crippen molar-refractivity contribution in [1.29, 1.82) is 0 Å². The lowest BCUT2D eigenvalue weighted by atomic mass is 10.2. The van der Waals surface area contributed by atoms with Crippen LogP contribution in [0.5, 0.6) is 0 Å². The lowest BCUT2D eigenvalue weighted by Crippen LogP contribution is -2.43. The Bertz CT molecular complexity index is 557. The largest absolute Gasteiger partial charge is 0.385 e. The first-order chi connectivity index (χ1) is 13.0. The van der Waals surface area contributed by atoms with Crippen LogP contribution >= 0.6 is 0 Å². The molecule has 0 saturated heterocycles. The first-order valence-electron chi connectivity index (χ1n) is 10.2. The molecule has 6 nitrogen and oxygen atoms in total. The summed E-state index contributed by atoms with van der Waals surface area (Å²) in [6, 6.07) is 4.03. The Morgan fingerprint density at radius 1 is 1.04 bits per heavy atom. The minimum atomic E-state index is 0.0203. The molecule has 0 saturated carbocycles. The Morgan fingerprint density at radius 3 is 2.33 bits per heavy atom. The standard InChI is InChI=1S/C21H37N3O3/c1-5-7-12-20(25)24(15-10-16-27-4)18-21(26)23(14-8-6-2)17-19-11-9-13-22(19)3/h9,11,13H,5-8,10,12,14-18H2,1-4H3. The van der Waals surface area contributed by atoms with Crippen molar-refractivity contribution >= 4 is 11.8 Å². The first kappa shape index (κ1) is 23.2. The predicted octanol–water partition coefficient (Wildman–Crippen LogP) is 3.21. The second kappa shape index (κ2) is 13.4. The van der Waals surface area contributed by atoms with Gasteiger partial charge < -0.3 is 19.1 Å². The van der Waals surface area contributed by atoms with Gasteiger partial charge in [-0.05, 0) is 31.4 Å². The number of carbonyl (C=O) groups is 2. The Labute approximate surface area is 164 Å². The summed E-state index contributed by atoms with van der Waals surface area (Å²) < 4.78 is 7.14. The molecule has 0 radical (unpaired) electrons. The fourth-order valence-corrected chi connectivity index (χ4v) is 2.94. The summed E-state index contributed by atoms with van der Waals surface area (Å²) in [5, 5.41) is 0. The molecule has 0 aromatic carbocycles. The van der Waals surface area contributed by atoms with Crippen LogP contribution in [0.15, 0.2) is 18.3 Å². The van der Waals surface area contributed by atoms with E-state index in [2.05, 4.69) is 13.8 Å². The van der Waals surface area contributed by atoms with E-state index in [-0.39, 0.29) is 18.4 Å². The van der Waals surface area contributed by atoms with Gasteiger partial charge >= 0.3 is 0 Å². The van der Waals surface area contributed by atoms with E-state index in [4.69, 9.17) is 4.74 Å². The molecule has 0 aliphatic carbocycles. The van der Waals surface area contributed by atoms with Crippen molar-refractivity contribution in [2.45, 2.75) is 58.9 Å². The molecular weight excluding hydrogens is 342 g/mol. The lowest BCUT2D eigenvalue weighted by molar-refractivity contribution is -0.141. The summed E-state index contributed by atoms with van der Waals surface area (Å²) in [6.45, 7) is 6.80. The molecule has 0 fully saturated rings. The molecule has 1 heterocycles. The molecular formula is C21H37N3O3. The molecule has 1 aromatic heterocycles. The Kier molecular flexibility index (Phi) is 11.5. The molecule has 27 heavy (non-hydrogen) atoms. The maximum absolute atomic E-state index is 13.0. The minimum Gasteiger partial charge on any atom is -0.385 e. The van der Waals surface area contributed by atoms with Crippen LogP contribution in [-0.4, -0.2) is 59.5 Å². The van der Waals surface area contributed by atoms with Gasteiger partial charge in [-0.1, -0.05) is 26.7 Å². The maximum Gasteiger partial charge on any atom is 0.242 e. The molecule has 6 heteroatoms. The summed E-state index contributed by atoms with van der Waals surface area (Å²) in [5.41, 5.74) is 1.10. The number of ether oxygens (including phenoxy) is 1. The number of aryl methyl sites for hydroxylation is 1. The van der Waals surface area contributed by atoms with Crippen LogP contribution in [-0.2, 0) is 27.9 Å². The third-order valence-corrected chi connectivity index (χ3v) is 4.74. The molecule has 0 unspecified atom stereocenters. The number of aromatic nitrogens is 1. The van der Waals surface area contributed by atoms with Gasteiger partial charge in [0.25, 0.3) is 0 Å². The van der Waals surface area contributed by atoms with Crippen molar-refractivity contribution in [3.8, 4) is 0 Å². The average molecular weight is 380 g/mol. The van der Waals surface area contributed by atoms with Crippen LogP contribution in [0.3, 0.4) is 0 Å². The number of unbranched alkanes of at least 4 members (excludes halogenated alkanes) is 2. The van der Waals surface area contributed by atoms with Crippen LogP contribution in [0.1, 0.15) is 58.1 Å². The van der Waals surface area contributed by atoms with Gasteiger partial charge in [0.1, 0.15) is 0 Å². The quantitative estimate of drug-likeness (QED) is 0.467. The van der Waals surface area contributed by atoms with Crippen molar-refractivity contribution in [3.63, 3.8) is 0 Å². The zero-order valence-electron chi connectivity index (χ0n) is 17.6. The number of nitrogens with zero attached hydrogens (tertiary/aromatic N) is 3. The minimum absolute atomic E-state index is 0.0203. The second-order valence-corrected chi connectivity index (χ2v) is 7.04. The fraction of sp³-hybridized carbons (Fsp3) is 0.714. The molecule has 0 aliphatic rings. The second-order valence-electron chi connectivity index (χ2n) is 7.04. The molecule has 0 aliphatic heterocycles. The Balaban J connectivity index is 2.78. The number of hydrogen-bond acceptors (Lipinski definition) is 3. The molecule has 154 valence electrons. The topological polar surface area (TPSA) is 54.8 Å². The van der Waals surface area contributed by atoms with E-state index in [1.54, 1.807) is 12.0 Å². The third kappa shape index (κ3) is 8.61. The summed E-state index contributed by atoms with van der Waals surface area (Å²) >= 11 is 0.